The number of alkyl halides is 4. The van der Waals surface area contributed by atoms with E-state index in [9.17, 15) is 36.6 Å². The molecule has 10 heteroatoms. The van der Waals surface area contributed by atoms with E-state index in [0.29, 0.717) is 4.90 Å². The third-order valence-corrected chi connectivity index (χ3v) is 4.33. The second kappa shape index (κ2) is 6.82. The van der Waals surface area contributed by atoms with Gasteiger partial charge >= 0.3 is 6.18 Å². The van der Waals surface area contributed by atoms with E-state index in [1.54, 1.807) is 0 Å². The minimum absolute atomic E-state index is 0.0337. The van der Waals surface area contributed by atoms with Gasteiger partial charge in [-0.3, -0.25) is 9.59 Å². The molecule has 1 aromatic carbocycles. The number of halogens is 5. The molecule has 0 aromatic heterocycles. The van der Waals surface area contributed by atoms with Crippen molar-refractivity contribution in [3.05, 3.63) is 35.1 Å². The first-order valence-electron chi connectivity index (χ1n) is 7.64. The Balaban J connectivity index is 2.11. The molecule has 1 saturated heterocycles. The Bertz CT molecular complexity index is 720. The number of benzene rings is 1. The summed E-state index contributed by atoms with van der Waals surface area (Å²) in [5.74, 6) is -3.16. The van der Waals surface area contributed by atoms with Crippen LogP contribution in [0.15, 0.2) is 18.2 Å². The molecule has 1 aliphatic rings. The zero-order chi connectivity index (χ0) is 19.9. The van der Waals surface area contributed by atoms with Crippen molar-refractivity contribution in [3.8, 4) is 0 Å². The fourth-order valence-electron chi connectivity index (χ4n) is 2.59. The zero-order valence-corrected chi connectivity index (χ0v) is 13.9. The highest BCUT2D eigenvalue weighted by Crippen LogP contribution is 2.32. The van der Waals surface area contributed by atoms with Crippen LogP contribution in [-0.2, 0) is 4.79 Å². The third-order valence-electron chi connectivity index (χ3n) is 4.33. The Hall–Kier alpha value is -2.23. The Labute approximate surface area is 145 Å². The summed E-state index contributed by atoms with van der Waals surface area (Å²) < 4.78 is 65.8. The largest absolute Gasteiger partial charge is 0.426 e. The topological polar surface area (TPSA) is 69.6 Å². The SMILES string of the molecule is Cc1c(F)cccc1C(=O)N[C@@H]1CN(C(=O)[C@@](C)(O)C(F)(F)F)C[C@@H]1F. The highest BCUT2D eigenvalue weighted by molar-refractivity contribution is 5.96. The molecule has 1 aromatic rings. The van der Waals surface area contributed by atoms with Crippen molar-refractivity contribution in [2.24, 2.45) is 0 Å². The maximum atomic E-state index is 14.1. The van der Waals surface area contributed by atoms with Gasteiger partial charge in [-0.1, -0.05) is 6.07 Å². The fourth-order valence-corrected chi connectivity index (χ4v) is 2.59. The lowest BCUT2D eigenvalue weighted by Crippen LogP contribution is -2.56. The number of likely N-dealkylation sites (tertiary alicyclic amines) is 1. The van der Waals surface area contributed by atoms with Crippen LogP contribution in [-0.4, -0.2) is 58.9 Å². The molecule has 5 nitrogen and oxygen atoms in total. The molecule has 0 saturated carbocycles. The van der Waals surface area contributed by atoms with Gasteiger partial charge in [-0.05, 0) is 31.5 Å². The van der Waals surface area contributed by atoms with E-state index < -0.39 is 54.7 Å². The maximum Gasteiger partial charge on any atom is 0.426 e. The van der Waals surface area contributed by atoms with Crippen LogP contribution in [0.25, 0.3) is 0 Å². The molecule has 1 heterocycles. The van der Waals surface area contributed by atoms with Crippen molar-refractivity contribution >= 4 is 11.8 Å². The first-order valence-corrected chi connectivity index (χ1v) is 7.64. The van der Waals surface area contributed by atoms with Crippen LogP contribution in [0.4, 0.5) is 22.0 Å². The van der Waals surface area contributed by atoms with Gasteiger partial charge in [0.25, 0.3) is 11.8 Å². The van der Waals surface area contributed by atoms with Crippen molar-refractivity contribution in [3.63, 3.8) is 0 Å². The van der Waals surface area contributed by atoms with Crippen molar-refractivity contribution in [1.29, 1.82) is 0 Å². The Kier molecular flexibility index (Phi) is 5.27. The first-order chi connectivity index (χ1) is 11.9. The Morgan fingerprint density at radius 3 is 2.46 bits per heavy atom. The van der Waals surface area contributed by atoms with Gasteiger partial charge in [0.15, 0.2) is 0 Å². The minimum Gasteiger partial charge on any atom is -0.373 e. The van der Waals surface area contributed by atoms with E-state index in [4.69, 9.17) is 0 Å². The minimum atomic E-state index is -5.23. The number of hydrogen-bond donors (Lipinski definition) is 2. The van der Waals surface area contributed by atoms with Gasteiger partial charge < -0.3 is 15.3 Å². The molecule has 2 N–H and O–H groups in total. The quantitative estimate of drug-likeness (QED) is 0.785. The van der Waals surface area contributed by atoms with Gasteiger partial charge in [-0.25, -0.2) is 8.78 Å². The summed E-state index contributed by atoms with van der Waals surface area (Å²) in [7, 11) is 0. The maximum absolute atomic E-state index is 14.1. The second-order valence-corrected chi connectivity index (χ2v) is 6.29. The number of nitrogens with one attached hydrogen (secondary N) is 1. The number of aliphatic hydroxyl groups is 1. The average Bonchev–Trinajstić information content (AvgIpc) is 2.88. The van der Waals surface area contributed by atoms with Gasteiger partial charge in [-0.2, -0.15) is 13.2 Å². The number of carbonyl (C=O) groups is 2. The zero-order valence-electron chi connectivity index (χ0n) is 13.9. The lowest BCUT2D eigenvalue weighted by Gasteiger charge is -2.29. The average molecular weight is 380 g/mol. The second-order valence-electron chi connectivity index (χ2n) is 6.29. The van der Waals surface area contributed by atoms with Crippen molar-refractivity contribution < 1.29 is 36.6 Å². The predicted octanol–water partition coefficient (Wildman–Crippen LogP) is 1.73. The molecule has 0 bridgehead atoms. The van der Waals surface area contributed by atoms with Crippen molar-refractivity contribution in [1.82, 2.24) is 10.2 Å². The summed E-state index contributed by atoms with van der Waals surface area (Å²) in [6.07, 6.45) is -7.06. The van der Waals surface area contributed by atoms with Crippen LogP contribution in [0.3, 0.4) is 0 Å². The molecule has 0 radical (unpaired) electrons. The van der Waals surface area contributed by atoms with Crippen molar-refractivity contribution in [2.75, 3.05) is 13.1 Å². The molecule has 1 aliphatic heterocycles. The Morgan fingerprint density at radius 1 is 1.27 bits per heavy atom. The van der Waals surface area contributed by atoms with Crippen LogP contribution in [0.5, 0.6) is 0 Å². The molecule has 0 unspecified atom stereocenters. The summed E-state index contributed by atoms with van der Waals surface area (Å²) in [5.41, 5.74) is -3.68. The number of rotatable bonds is 3. The smallest absolute Gasteiger partial charge is 0.373 e. The van der Waals surface area contributed by atoms with E-state index in [-0.39, 0.29) is 18.1 Å². The molecule has 2 amide bonds. The first kappa shape index (κ1) is 20.1. The van der Waals surface area contributed by atoms with Crippen LogP contribution < -0.4 is 5.32 Å². The highest BCUT2D eigenvalue weighted by atomic mass is 19.4. The molecular weight excluding hydrogens is 363 g/mol. The molecule has 144 valence electrons. The standard InChI is InChI=1S/C16H17F5N2O3/c1-8-9(4-3-5-10(8)17)13(24)22-12-7-23(6-11(12)18)14(25)15(2,26)16(19,20)21/h3-5,11-12,26H,6-7H2,1-2H3,(H,22,24)/t11-,12+,15+/m0/s1. The normalized spacial score (nSPS) is 22.8. The van der Waals surface area contributed by atoms with E-state index in [1.807, 2.05) is 0 Å². The van der Waals surface area contributed by atoms with Crippen LogP contribution >= 0.6 is 0 Å². The monoisotopic (exact) mass is 380 g/mol. The molecule has 0 aliphatic carbocycles. The van der Waals surface area contributed by atoms with Crippen LogP contribution in [0, 0.1) is 12.7 Å². The summed E-state index contributed by atoms with van der Waals surface area (Å²) in [5, 5.41) is 11.7. The van der Waals surface area contributed by atoms with E-state index in [1.165, 1.54) is 19.1 Å². The summed E-state index contributed by atoms with van der Waals surface area (Å²) in [4.78, 5) is 24.6. The molecule has 1 fully saturated rings. The number of carbonyl (C=O) groups excluding carboxylic acids is 2. The van der Waals surface area contributed by atoms with Gasteiger partial charge in [-0.15, -0.1) is 0 Å². The molecular formula is C16H17F5N2O3. The summed E-state index contributed by atoms with van der Waals surface area (Å²) in [6.45, 7) is 0.372. The lowest BCUT2D eigenvalue weighted by atomic mass is 10.1. The van der Waals surface area contributed by atoms with E-state index in [0.717, 1.165) is 6.07 Å². The third kappa shape index (κ3) is 3.64. The fraction of sp³-hybridized carbons (Fsp3) is 0.500. The summed E-state index contributed by atoms with van der Waals surface area (Å²) in [6, 6.07) is 2.46. The van der Waals surface area contributed by atoms with Gasteiger partial charge in [0.05, 0.1) is 12.6 Å². The number of nitrogens with zero attached hydrogens (tertiary/aromatic N) is 1. The molecule has 2 rings (SSSR count). The van der Waals surface area contributed by atoms with Crippen LogP contribution in [0.2, 0.25) is 0 Å². The van der Waals surface area contributed by atoms with Gasteiger partial charge in [0.2, 0.25) is 5.60 Å². The Morgan fingerprint density at radius 2 is 1.88 bits per heavy atom. The lowest BCUT2D eigenvalue weighted by molar-refractivity contribution is -0.249. The van der Waals surface area contributed by atoms with Crippen LogP contribution in [0.1, 0.15) is 22.8 Å². The van der Waals surface area contributed by atoms with E-state index in [2.05, 4.69) is 5.32 Å². The molecule has 3 atom stereocenters. The molecule has 0 spiro atoms. The predicted molar refractivity (Wildman–Crippen MR) is 80.5 cm³/mol. The van der Waals surface area contributed by atoms with Gasteiger partial charge in [0.1, 0.15) is 12.0 Å². The molecule has 26 heavy (non-hydrogen) atoms. The number of hydrogen-bond acceptors (Lipinski definition) is 3. The van der Waals surface area contributed by atoms with Gasteiger partial charge in [0, 0.05) is 12.1 Å². The van der Waals surface area contributed by atoms with Crippen molar-refractivity contribution in [2.45, 2.75) is 37.8 Å². The number of amides is 2. The van der Waals surface area contributed by atoms with E-state index >= 15 is 0 Å². The highest BCUT2D eigenvalue weighted by Gasteiger charge is 2.58. The summed E-state index contributed by atoms with van der Waals surface area (Å²) >= 11 is 0.